The zero-order valence-electron chi connectivity index (χ0n) is 10.6. The van der Waals surface area contributed by atoms with Crippen LogP contribution in [0.4, 0.5) is 15.3 Å². The van der Waals surface area contributed by atoms with Gasteiger partial charge in [-0.1, -0.05) is 0 Å². The first kappa shape index (κ1) is 14.6. The normalized spacial score (nSPS) is 23.7. The lowest BCUT2D eigenvalue weighted by Crippen LogP contribution is -2.49. The van der Waals surface area contributed by atoms with Gasteiger partial charge < -0.3 is 19.7 Å². The molecule has 2 N–H and O–H groups in total. The topological polar surface area (TPSA) is 136 Å². The lowest BCUT2D eigenvalue weighted by atomic mass is 9.72. The Balaban J connectivity index is 2.19. The van der Waals surface area contributed by atoms with Gasteiger partial charge in [0.15, 0.2) is 0 Å². The van der Waals surface area contributed by atoms with Crippen LogP contribution in [0.3, 0.4) is 0 Å². The molecule has 0 amide bonds. The zero-order chi connectivity index (χ0) is 15.6. The van der Waals surface area contributed by atoms with Gasteiger partial charge in [-0.3, -0.25) is 10.1 Å². The van der Waals surface area contributed by atoms with Gasteiger partial charge >= 0.3 is 12.3 Å². The maximum Gasteiger partial charge on any atom is 0.506 e. The van der Waals surface area contributed by atoms with Gasteiger partial charge in [-0.2, -0.15) is 0 Å². The van der Waals surface area contributed by atoms with Crippen LogP contribution in [-0.2, 0) is 15.1 Å². The first-order valence-electron chi connectivity index (χ1n) is 5.89. The molecule has 0 aliphatic heterocycles. The van der Waals surface area contributed by atoms with Crippen molar-refractivity contribution < 1.29 is 34.2 Å². The third kappa shape index (κ3) is 3.02. The van der Waals surface area contributed by atoms with Crippen molar-refractivity contribution in [2.75, 3.05) is 0 Å². The first-order valence-corrected chi connectivity index (χ1v) is 5.89. The molecule has 0 bridgehead atoms. The second-order valence-electron chi connectivity index (χ2n) is 4.58. The van der Waals surface area contributed by atoms with Crippen LogP contribution in [0.1, 0.15) is 18.4 Å². The van der Waals surface area contributed by atoms with E-state index in [1.165, 1.54) is 24.3 Å². The third-order valence-electron chi connectivity index (χ3n) is 3.27. The highest BCUT2D eigenvalue weighted by molar-refractivity contribution is 5.59. The second-order valence-corrected chi connectivity index (χ2v) is 4.58. The number of ether oxygens (including phenoxy) is 2. The van der Waals surface area contributed by atoms with E-state index in [4.69, 9.17) is 14.9 Å². The van der Waals surface area contributed by atoms with Crippen LogP contribution in [-0.4, -0.2) is 33.6 Å². The van der Waals surface area contributed by atoms with E-state index < -0.39 is 28.9 Å². The van der Waals surface area contributed by atoms with Crippen LogP contribution in [0, 0.1) is 10.1 Å². The van der Waals surface area contributed by atoms with Gasteiger partial charge in [0.2, 0.25) is 0 Å². The van der Waals surface area contributed by atoms with Gasteiger partial charge in [-0.05, 0) is 17.7 Å². The van der Waals surface area contributed by atoms with Crippen LogP contribution in [0.15, 0.2) is 24.3 Å². The Hall–Kier alpha value is -2.84. The van der Waals surface area contributed by atoms with Gasteiger partial charge in [0.25, 0.3) is 5.69 Å². The average molecular weight is 297 g/mol. The Bertz CT molecular complexity index is 575. The van der Waals surface area contributed by atoms with Gasteiger partial charge in [-0.15, -0.1) is 0 Å². The molecule has 112 valence electrons. The molecule has 0 heterocycles. The fourth-order valence-electron chi connectivity index (χ4n) is 2.33. The zero-order valence-corrected chi connectivity index (χ0v) is 10.6. The minimum atomic E-state index is -1.51. The summed E-state index contributed by atoms with van der Waals surface area (Å²) < 4.78 is 9.39. The Labute approximate surface area is 117 Å². The minimum absolute atomic E-state index is 0.0312. The number of nitro benzene ring substituents is 1. The monoisotopic (exact) mass is 297 g/mol. The van der Waals surface area contributed by atoms with E-state index in [-0.39, 0.29) is 18.5 Å². The largest absolute Gasteiger partial charge is 0.506 e. The summed E-state index contributed by atoms with van der Waals surface area (Å²) in [7, 11) is 0. The van der Waals surface area contributed by atoms with Gasteiger partial charge in [0, 0.05) is 25.0 Å². The number of non-ortho nitro benzene ring substituents is 1. The summed E-state index contributed by atoms with van der Waals surface area (Å²) in [5.74, 6) is 0. The number of benzene rings is 1. The van der Waals surface area contributed by atoms with Crippen LogP contribution in [0.25, 0.3) is 0 Å². The highest BCUT2D eigenvalue weighted by Crippen LogP contribution is 2.46. The Morgan fingerprint density at radius 2 is 1.76 bits per heavy atom. The van der Waals surface area contributed by atoms with E-state index in [0.29, 0.717) is 5.56 Å². The molecule has 0 unspecified atom stereocenters. The summed E-state index contributed by atoms with van der Waals surface area (Å²) in [4.78, 5) is 31.2. The molecular formula is C12H11NO8. The first-order chi connectivity index (χ1) is 9.82. The molecule has 2 rings (SSSR count). The van der Waals surface area contributed by atoms with E-state index >= 15 is 0 Å². The predicted octanol–water partition coefficient (Wildman–Crippen LogP) is 2.34. The fourth-order valence-corrected chi connectivity index (χ4v) is 2.33. The molecule has 0 atom stereocenters. The number of nitrogens with zero attached hydrogens (tertiary/aromatic N) is 1. The molecule has 1 saturated carbocycles. The van der Waals surface area contributed by atoms with E-state index in [2.05, 4.69) is 4.74 Å². The molecule has 1 aliphatic carbocycles. The summed E-state index contributed by atoms with van der Waals surface area (Å²) in [6.07, 6.45) is -3.57. The van der Waals surface area contributed by atoms with Crippen molar-refractivity contribution in [1.29, 1.82) is 0 Å². The van der Waals surface area contributed by atoms with Gasteiger partial charge in [0.1, 0.15) is 11.7 Å². The fraction of sp³-hybridized carbons (Fsp3) is 0.333. The van der Waals surface area contributed by atoms with Crippen molar-refractivity contribution in [3.8, 4) is 0 Å². The quantitative estimate of drug-likeness (QED) is 0.491. The molecule has 9 heteroatoms. The molecule has 0 aromatic heterocycles. The highest BCUT2D eigenvalue weighted by Gasteiger charge is 2.51. The van der Waals surface area contributed by atoms with Crippen molar-refractivity contribution in [2.24, 2.45) is 0 Å². The van der Waals surface area contributed by atoms with Gasteiger partial charge in [-0.25, -0.2) is 9.59 Å². The van der Waals surface area contributed by atoms with E-state index in [1.54, 1.807) is 0 Å². The van der Waals surface area contributed by atoms with E-state index in [9.17, 15) is 19.7 Å². The highest BCUT2D eigenvalue weighted by atomic mass is 16.7. The Morgan fingerprint density at radius 1 is 1.19 bits per heavy atom. The molecule has 21 heavy (non-hydrogen) atoms. The number of rotatable bonds is 4. The second kappa shape index (κ2) is 5.27. The maximum absolute atomic E-state index is 10.8. The average Bonchev–Trinajstić information content (AvgIpc) is 2.35. The summed E-state index contributed by atoms with van der Waals surface area (Å²) in [6.45, 7) is 0. The van der Waals surface area contributed by atoms with Crippen molar-refractivity contribution in [3.05, 3.63) is 39.9 Å². The maximum atomic E-state index is 10.8. The molecule has 9 nitrogen and oxygen atoms in total. The van der Waals surface area contributed by atoms with Crippen LogP contribution >= 0.6 is 0 Å². The number of hydrogen-bond acceptors (Lipinski definition) is 6. The summed E-state index contributed by atoms with van der Waals surface area (Å²) in [6, 6.07) is 5.23. The lowest BCUT2D eigenvalue weighted by molar-refractivity contribution is -0.384. The standard InChI is InChI=1S/C12H11NO8/c14-10(15)20-9-5-12(6-9,21-11(16)17)7-1-3-8(4-2-7)13(18)19/h1-4,9H,5-6H2,(H,14,15)(H,16,17)/t9-,12+. The molecule has 1 aromatic rings. The summed E-state index contributed by atoms with van der Waals surface area (Å²) in [5, 5.41) is 27.9. The molecule has 0 saturated heterocycles. The lowest BCUT2D eigenvalue weighted by Gasteiger charge is -2.44. The van der Waals surface area contributed by atoms with Gasteiger partial charge in [0.05, 0.1) is 4.92 Å². The Kier molecular flexibility index (Phi) is 3.66. The van der Waals surface area contributed by atoms with E-state index in [0.717, 1.165) is 0 Å². The smallest absolute Gasteiger partial charge is 0.450 e. The third-order valence-corrected chi connectivity index (χ3v) is 3.27. The SMILES string of the molecule is O=C(O)O[C@H]1C[C@](OC(=O)O)(c2ccc([N+](=O)[O-])cc2)C1. The van der Waals surface area contributed by atoms with Crippen LogP contribution in [0.5, 0.6) is 0 Å². The van der Waals surface area contributed by atoms with Crippen LogP contribution in [0.2, 0.25) is 0 Å². The number of nitro groups is 1. The molecule has 1 fully saturated rings. The molecule has 1 aliphatic rings. The van der Waals surface area contributed by atoms with E-state index in [1.807, 2.05) is 0 Å². The molecular weight excluding hydrogens is 286 g/mol. The number of carbonyl (C=O) groups is 2. The predicted molar refractivity (Wildman–Crippen MR) is 66.0 cm³/mol. The Morgan fingerprint density at radius 3 is 2.19 bits per heavy atom. The van der Waals surface area contributed by atoms with Crippen molar-refractivity contribution in [1.82, 2.24) is 0 Å². The molecule has 0 radical (unpaired) electrons. The minimum Gasteiger partial charge on any atom is -0.450 e. The number of hydrogen-bond donors (Lipinski definition) is 2. The van der Waals surface area contributed by atoms with Crippen molar-refractivity contribution >= 4 is 18.0 Å². The van der Waals surface area contributed by atoms with Crippen molar-refractivity contribution in [3.63, 3.8) is 0 Å². The molecule has 0 spiro atoms. The summed E-state index contributed by atoms with van der Waals surface area (Å²) >= 11 is 0. The number of carboxylic acid groups (broad SMARTS) is 2. The summed E-state index contributed by atoms with van der Waals surface area (Å²) in [5.41, 5.74) is -0.955. The van der Waals surface area contributed by atoms with Crippen LogP contribution < -0.4 is 0 Å². The molecule has 1 aromatic carbocycles. The van der Waals surface area contributed by atoms with Crippen molar-refractivity contribution in [2.45, 2.75) is 24.5 Å².